The Kier molecular flexibility index (Phi) is 61.7. The van der Waals surface area contributed by atoms with E-state index in [1.54, 1.807) is 0 Å². The molecule has 0 radical (unpaired) electrons. The Balaban J connectivity index is 3.95. The van der Waals surface area contributed by atoms with Crippen LogP contribution in [0.3, 0.4) is 0 Å². The SMILES string of the molecule is CC/C=C\C/C=C\C/C=C\C/C=C\CCCCCCCCCCCCCCCCCCCCCCCCC(=O)OCC(COC(=O)CCCCCCCCCCCCC)OC(=O)CCCCCCCCCCCCC. The molecular formula is C69H126O6. The van der Waals surface area contributed by atoms with Crippen molar-refractivity contribution in [2.75, 3.05) is 13.2 Å². The molecule has 0 saturated heterocycles. The second-order valence-corrected chi connectivity index (χ2v) is 22.4. The molecule has 1 unspecified atom stereocenters. The van der Waals surface area contributed by atoms with Crippen molar-refractivity contribution < 1.29 is 28.6 Å². The van der Waals surface area contributed by atoms with Crippen molar-refractivity contribution >= 4 is 17.9 Å². The van der Waals surface area contributed by atoms with Gasteiger partial charge in [0, 0.05) is 19.3 Å². The number of hydrogen-bond acceptors (Lipinski definition) is 6. The van der Waals surface area contributed by atoms with Crippen molar-refractivity contribution in [1.82, 2.24) is 0 Å². The quantitative estimate of drug-likeness (QED) is 0.0261. The highest BCUT2D eigenvalue weighted by molar-refractivity contribution is 5.71. The largest absolute Gasteiger partial charge is 0.462 e. The van der Waals surface area contributed by atoms with Crippen molar-refractivity contribution in [1.29, 1.82) is 0 Å². The van der Waals surface area contributed by atoms with Gasteiger partial charge in [0.1, 0.15) is 13.2 Å². The number of carbonyl (C=O) groups excluding carboxylic acids is 3. The zero-order valence-corrected chi connectivity index (χ0v) is 50.3. The first-order valence-electron chi connectivity index (χ1n) is 33.1. The van der Waals surface area contributed by atoms with Gasteiger partial charge in [0.15, 0.2) is 6.10 Å². The minimum atomic E-state index is -0.764. The zero-order valence-electron chi connectivity index (χ0n) is 50.3. The Morgan fingerprint density at radius 2 is 0.520 bits per heavy atom. The average molecular weight is 1050 g/mol. The summed E-state index contributed by atoms with van der Waals surface area (Å²) in [5, 5.41) is 0. The third-order valence-corrected chi connectivity index (χ3v) is 14.8. The van der Waals surface area contributed by atoms with Gasteiger partial charge in [0.25, 0.3) is 0 Å². The third-order valence-electron chi connectivity index (χ3n) is 14.8. The van der Waals surface area contributed by atoms with Crippen LogP contribution in [0.4, 0.5) is 0 Å². The molecule has 0 aliphatic heterocycles. The van der Waals surface area contributed by atoms with Gasteiger partial charge in [-0.1, -0.05) is 326 Å². The monoisotopic (exact) mass is 1050 g/mol. The number of unbranched alkanes of at least 4 members (excludes halogenated alkanes) is 42. The fourth-order valence-corrected chi connectivity index (χ4v) is 9.91. The number of hydrogen-bond donors (Lipinski definition) is 0. The standard InChI is InChI=1S/C69H126O6/c1-4-7-10-13-16-19-22-23-24-25-26-27-28-29-30-31-32-33-34-35-36-37-38-39-40-41-42-43-44-45-48-50-53-56-59-62-68(71)74-65-66(75-69(72)63-60-57-54-51-47-21-18-15-12-9-6-3)64-73-67(70)61-58-55-52-49-46-20-17-14-11-8-5-2/h7,10,16,19,23-24,26-27,66H,4-6,8-9,11-15,17-18,20-22,25,28-65H2,1-3H3/b10-7-,19-16-,24-23-,27-26-. The second-order valence-electron chi connectivity index (χ2n) is 22.4. The predicted octanol–water partition coefficient (Wildman–Crippen LogP) is 22.6. The first-order chi connectivity index (χ1) is 37.0. The summed E-state index contributed by atoms with van der Waals surface area (Å²) in [6, 6.07) is 0. The van der Waals surface area contributed by atoms with E-state index in [9.17, 15) is 14.4 Å². The van der Waals surface area contributed by atoms with E-state index in [0.717, 1.165) is 83.5 Å². The number of ether oxygens (including phenoxy) is 3. The van der Waals surface area contributed by atoms with E-state index in [2.05, 4.69) is 69.4 Å². The molecule has 0 aromatic rings. The lowest BCUT2D eigenvalue weighted by molar-refractivity contribution is -0.167. The van der Waals surface area contributed by atoms with Crippen LogP contribution in [-0.4, -0.2) is 37.2 Å². The second kappa shape index (κ2) is 63.9. The lowest BCUT2D eigenvalue weighted by Crippen LogP contribution is -2.30. The molecule has 1 atom stereocenters. The fourth-order valence-electron chi connectivity index (χ4n) is 9.91. The Morgan fingerprint density at radius 1 is 0.280 bits per heavy atom. The molecule has 0 rings (SSSR count). The van der Waals surface area contributed by atoms with E-state index in [1.807, 2.05) is 0 Å². The van der Waals surface area contributed by atoms with Crippen molar-refractivity contribution in [2.45, 2.75) is 361 Å². The number of carbonyl (C=O) groups is 3. The Bertz CT molecular complexity index is 1300. The maximum Gasteiger partial charge on any atom is 0.306 e. The summed E-state index contributed by atoms with van der Waals surface area (Å²) in [5.41, 5.74) is 0. The van der Waals surface area contributed by atoms with Gasteiger partial charge in [0.2, 0.25) is 0 Å². The van der Waals surface area contributed by atoms with E-state index in [0.29, 0.717) is 19.3 Å². The molecule has 0 aliphatic carbocycles. The highest BCUT2D eigenvalue weighted by Gasteiger charge is 2.19. The summed E-state index contributed by atoms with van der Waals surface area (Å²) in [7, 11) is 0. The van der Waals surface area contributed by atoms with E-state index < -0.39 is 6.10 Å². The molecule has 438 valence electrons. The van der Waals surface area contributed by atoms with Crippen LogP contribution in [0.25, 0.3) is 0 Å². The molecule has 75 heavy (non-hydrogen) atoms. The number of esters is 3. The Labute approximate surface area is 467 Å². The number of rotatable bonds is 61. The maximum atomic E-state index is 12.8. The van der Waals surface area contributed by atoms with Crippen LogP contribution in [0.1, 0.15) is 355 Å². The summed E-state index contributed by atoms with van der Waals surface area (Å²) in [6.07, 6.45) is 80.1. The lowest BCUT2D eigenvalue weighted by Gasteiger charge is -2.18. The Hall–Kier alpha value is -2.63. The molecule has 6 heteroatoms. The molecule has 0 N–H and O–H groups in total. The van der Waals surface area contributed by atoms with Gasteiger partial charge in [-0.25, -0.2) is 0 Å². The van der Waals surface area contributed by atoms with E-state index >= 15 is 0 Å². The smallest absolute Gasteiger partial charge is 0.306 e. The molecule has 0 saturated carbocycles. The van der Waals surface area contributed by atoms with Crippen molar-refractivity contribution in [3.8, 4) is 0 Å². The van der Waals surface area contributed by atoms with Crippen LogP contribution in [0.15, 0.2) is 48.6 Å². The van der Waals surface area contributed by atoms with Gasteiger partial charge in [-0.2, -0.15) is 0 Å². The van der Waals surface area contributed by atoms with Crippen LogP contribution in [-0.2, 0) is 28.6 Å². The molecule has 0 spiro atoms. The van der Waals surface area contributed by atoms with Crippen molar-refractivity contribution in [3.63, 3.8) is 0 Å². The first-order valence-corrected chi connectivity index (χ1v) is 33.1. The van der Waals surface area contributed by atoms with E-state index in [4.69, 9.17) is 14.2 Å². The minimum Gasteiger partial charge on any atom is -0.462 e. The highest BCUT2D eigenvalue weighted by Crippen LogP contribution is 2.18. The molecule has 0 aromatic carbocycles. The molecular weight excluding hydrogens is 925 g/mol. The van der Waals surface area contributed by atoms with Gasteiger partial charge in [-0.05, 0) is 57.8 Å². The minimum absolute atomic E-state index is 0.0650. The van der Waals surface area contributed by atoms with E-state index in [1.165, 1.54) is 231 Å². The maximum absolute atomic E-state index is 12.8. The highest BCUT2D eigenvalue weighted by atomic mass is 16.6. The van der Waals surface area contributed by atoms with Crippen LogP contribution in [0.5, 0.6) is 0 Å². The predicted molar refractivity (Wildman–Crippen MR) is 325 cm³/mol. The lowest BCUT2D eigenvalue weighted by atomic mass is 10.0. The van der Waals surface area contributed by atoms with Gasteiger partial charge in [0.05, 0.1) is 0 Å². The fraction of sp³-hybridized carbons (Fsp3) is 0.841. The third kappa shape index (κ3) is 62.1. The molecule has 0 aromatic heterocycles. The number of allylic oxidation sites excluding steroid dienone is 8. The van der Waals surface area contributed by atoms with Crippen LogP contribution >= 0.6 is 0 Å². The summed E-state index contributed by atoms with van der Waals surface area (Å²) in [5.74, 6) is -0.844. The molecule has 0 heterocycles. The van der Waals surface area contributed by atoms with Gasteiger partial charge in [-0.3, -0.25) is 14.4 Å². The summed E-state index contributed by atoms with van der Waals surface area (Å²) < 4.78 is 16.9. The van der Waals surface area contributed by atoms with E-state index in [-0.39, 0.29) is 31.1 Å². The summed E-state index contributed by atoms with van der Waals surface area (Å²) >= 11 is 0. The van der Waals surface area contributed by atoms with Gasteiger partial charge >= 0.3 is 17.9 Å². The molecule has 6 nitrogen and oxygen atoms in total. The van der Waals surface area contributed by atoms with Gasteiger partial charge in [-0.15, -0.1) is 0 Å². The molecule has 0 amide bonds. The van der Waals surface area contributed by atoms with Gasteiger partial charge < -0.3 is 14.2 Å². The van der Waals surface area contributed by atoms with Crippen molar-refractivity contribution in [2.24, 2.45) is 0 Å². The molecule has 0 fully saturated rings. The summed E-state index contributed by atoms with van der Waals surface area (Å²) in [4.78, 5) is 38.1. The zero-order chi connectivity index (χ0) is 54.3. The normalized spacial score (nSPS) is 12.3. The molecule has 0 aliphatic rings. The van der Waals surface area contributed by atoms with Crippen LogP contribution in [0, 0.1) is 0 Å². The van der Waals surface area contributed by atoms with Crippen LogP contribution in [0.2, 0.25) is 0 Å². The first kappa shape index (κ1) is 72.4. The average Bonchev–Trinajstić information content (AvgIpc) is 3.41. The Morgan fingerprint density at radius 3 is 0.813 bits per heavy atom. The van der Waals surface area contributed by atoms with Crippen molar-refractivity contribution in [3.05, 3.63) is 48.6 Å². The topological polar surface area (TPSA) is 78.9 Å². The van der Waals surface area contributed by atoms with Crippen LogP contribution < -0.4 is 0 Å². The summed E-state index contributed by atoms with van der Waals surface area (Å²) in [6.45, 7) is 6.56. The molecule has 0 bridgehead atoms.